The minimum atomic E-state index is -0.431. The van der Waals surface area contributed by atoms with Crippen molar-refractivity contribution in [1.29, 1.82) is 0 Å². The number of aromatic nitrogens is 2. The summed E-state index contributed by atoms with van der Waals surface area (Å²) in [6, 6.07) is 11.7. The van der Waals surface area contributed by atoms with E-state index in [1.807, 2.05) is 24.3 Å². The molecule has 1 aliphatic rings. The molecule has 2 N–H and O–H groups in total. The number of hydrogen-bond donors (Lipinski definition) is 2. The summed E-state index contributed by atoms with van der Waals surface area (Å²) in [6.07, 6.45) is 2.30. The molecule has 0 saturated carbocycles. The first-order chi connectivity index (χ1) is 12.2. The zero-order chi connectivity index (χ0) is 17.2. The molecule has 130 valence electrons. The van der Waals surface area contributed by atoms with Gasteiger partial charge in [0.25, 0.3) is 0 Å². The summed E-state index contributed by atoms with van der Waals surface area (Å²) >= 11 is 0. The highest BCUT2D eigenvalue weighted by atomic mass is 16.5. The van der Waals surface area contributed by atoms with E-state index >= 15 is 0 Å². The van der Waals surface area contributed by atoms with E-state index in [9.17, 15) is 4.79 Å². The number of esters is 1. The van der Waals surface area contributed by atoms with Crippen LogP contribution in [0.1, 0.15) is 40.9 Å². The molecule has 25 heavy (non-hydrogen) atoms. The number of quaternary nitrogens is 1. The topological polar surface area (TPSA) is 72.6 Å². The lowest BCUT2D eigenvalue weighted by Crippen LogP contribution is -3.12. The van der Waals surface area contributed by atoms with E-state index in [1.165, 1.54) is 12.0 Å². The van der Waals surface area contributed by atoms with Gasteiger partial charge in [0.05, 0.1) is 37.2 Å². The van der Waals surface area contributed by atoms with Crippen molar-refractivity contribution in [1.82, 2.24) is 9.97 Å². The van der Waals surface area contributed by atoms with E-state index in [2.05, 4.69) is 11.1 Å². The molecule has 1 aliphatic heterocycles. The number of hydrogen-bond acceptors (Lipinski definition) is 4. The minimum absolute atomic E-state index is 0.266. The van der Waals surface area contributed by atoms with Crippen molar-refractivity contribution in [2.24, 2.45) is 0 Å². The number of nitrogens with one attached hydrogen (secondary N) is 2. The molecule has 1 saturated heterocycles. The molecule has 1 unspecified atom stereocenters. The van der Waals surface area contributed by atoms with Crippen LogP contribution in [0.2, 0.25) is 0 Å². The third-order valence-corrected chi connectivity index (χ3v) is 4.88. The van der Waals surface area contributed by atoms with E-state index in [1.54, 1.807) is 6.07 Å². The van der Waals surface area contributed by atoms with Crippen LogP contribution in [-0.2, 0) is 11.3 Å². The fourth-order valence-corrected chi connectivity index (χ4v) is 3.64. The minimum Gasteiger partial charge on any atom is -0.463 e. The fourth-order valence-electron chi connectivity index (χ4n) is 3.64. The molecule has 0 bridgehead atoms. The summed E-state index contributed by atoms with van der Waals surface area (Å²) in [5.41, 5.74) is 2.12. The second kappa shape index (κ2) is 6.72. The van der Waals surface area contributed by atoms with E-state index in [4.69, 9.17) is 14.1 Å². The van der Waals surface area contributed by atoms with E-state index in [0.29, 0.717) is 5.92 Å². The lowest BCUT2D eigenvalue weighted by atomic mass is 9.97. The quantitative estimate of drug-likeness (QED) is 0.712. The standard InChI is InChI=1S/C19H21N3O3/c1-24-19(23)17-9-8-14(25-17)12-22-10-4-5-13(11-22)18-20-15-6-2-3-7-16(15)21-18/h2-3,6-9,13H,4-5,10-12H2,1H3,(H,20,21)/p+1/t13-/m1/s1. The summed E-state index contributed by atoms with van der Waals surface area (Å²) < 4.78 is 10.3. The van der Waals surface area contributed by atoms with Crippen molar-refractivity contribution in [2.75, 3.05) is 20.2 Å². The Morgan fingerprint density at radius 2 is 2.24 bits per heavy atom. The molecular weight excluding hydrogens is 318 g/mol. The number of imidazole rings is 1. The predicted octanol–water partition coefficient (Wildman–Crippen LogP) is 1.90. The van der Waals surface area contributed by atoms with Crippen LogP contribution in [0.5, 0.6) is 0 Å². The number of fused-ring (bicyclic) bond motifs is 1. The van der Waals surface area contributed by atoms with Gasteiger partial charge < -0.3 is 19.0 Å². The molecule has 6 heteroatoms. The first-order valence-electron chi connectivity index (χ1n) is 8.68. The summed E-state index contributed by atoms with van der Waals surface area (Å²) in [6.45, 7) is 2.88. The predicted molar refractivity (Wildman–Crippen MR) is 92.5 cm³/mol. The van der Waals surface area contributed by atoms with Crippen LogP contribution < -0.4 is 4.90 Å². The largest absolute Gasteiger partial charge is 0.463 e. The number of likely N-dealkylation sites (tertiary alicyclic amines) is 1. The number of nitrogens with zero attached hydrogens (tertiary/aromatic N) is 1. The smallest absolute Gasteiger partial charge is 0.373 e. The first-order valence-corrected chi connectivity index (χ1v) is 8.68. The maximum atomic E-state index is 11.5. The number of benzene rings is 1. The average Bonchev–Trinajstić information content (AvgIpc) is 3.28. The molecule has 2 aromatic heterocycles. The number of carbonyl (C=O) groups is 1. The number of para-hydroxylation sites is 2. The molecule has 1 fully saturated rings. The average molecular weight is 340 g/mol. The molecule has 3 heterocycles. The molecule has 4 rings (SSSR count). The summed E-state index contributed by atoms with van der Waals surface area (Å²) in [7, 11) is 1.36. The maximum Gasteiger partial charge on any atom is 0.373 e. The SMILES string of the molecule is COC(=O)c1ccc(C[NH+]2CCC[C@@H](c3nc4ccccc4[nH]3)C2)o1. The van der Waals surface area contributed by atoms with Gasteiger partial charge in [-0.2, -0.15) is 0 Å². The van der Waals surface area contributed by atoms with Gasteiger partial charge in [-0.1, -0.05) is 12.1 Å². The Kier molecular flexibility index (Phi) is 4.28. The Bertz CT molecular complexity index is 850. The Balaban J connectivity index is 1.45. The lowest BCUT2D eigenvalue weighted by molar-refractivity contribution is -0.921. The first kappa shape index (κ1) is 15.9. The number of ether oxygens (including phenoxy) is 1. The van der Waals surface area contributed by atoms with Crippen LogP contribution in [0.15, 0.2) is 40.8 Å². The molecule has 6 nitrogen and oxygen atoms in total. The van der Waals surface area contributed by atoms with Crippen LogP contribution in [0, 0.1) is 0 Å². The summed E-state index contributed by atoms with van der Waals surface area (Å²) in [4.78, 5) is 21.2. The van der Waals surface area contributed by atoms with Crippen LogP contribution in [0.4, 0.5) is 0 Å². The molecular formula is C19H22N3O3+. The Labute approximate surface area is 145 Å². The zero-order valence-electron chi connectivity index (χ0n) is 14.2. The highest BCUT2D eigenvalue weighted by Crippen LogP contribution is 2.22. The molecule has 3 aromatic rings. The van der Waals surface area contributed by atoms with Crippen molar-refractivity contribution in [3.05, 3.63) is 53.7 Å². The van der Waals surface area contributed by atoms with E-state index in [-0.39, 0.29) is 5.76 Å². The number of aromatic amines is 1. The van der Waals surface area contributed by atoms with Crippen molar-refractivity contribution >= 4 is 17.0 Å². The third kappa shape index (κ3) is 3.30. The van der Waals surface area contributed by atoms with Gasteiger partial charge in [0.15, 0.2) is 5.76 Å². The Morgan fingerprint density at radius 3 is 3.08 bits per heavy atom. The second-order valence-electron chi connectivity index (χ2n) is 6.62. The Morgan fingerprint density at radius 1 is 1.36 bits per heavy atom. The lowest BCUT2D eigenvalue weighted by Gasteiger charge is -2.28. The molecule has 0 amide bonds. The van der Waals surface area contributed by atoms with Crippen LogP contribution in [-0.4, -0.2) is 36.1 Å². The van der Waals surface area contributed by atoms with Gasteiger partial charge in [-0.3, -0.25) is 0 Å². The van der Waals surface area contributed by atoms with Gasteiger partial charge >= 0.3 is 5.97 Å². The number of H-pyrrole nitrogens is 1. The molecule has 2 atom stereocenters. The molecule has 0 aliphatic carbocycles. The maximum absolute atomic E-state index is 11.5. The van der Waals surface area contributed by atoms with Crippen molar-refractivity contribution in [3.63, 3.8) is 0 Å². The monoisotopic (exact) mass is 340 g/mol. The van der Waals surface area contributed by atoms with Gasteiger partial charge in [-0.25, -0.2) is 9.78 Å². The molecule has 0 spiro atoms. The normalized spacial score (nSPS) is 20.7. The van der Waals surface area contributed by atoms with Crippen LogP contribution in [0.25, 0.3) is 11.0 Å². The van der Waals surface area contributed by atoms with Gasteiger partial charge in [0, 0.05) is 0 Å². The fraction of sp³-hybridized carbons (Fsp3) is 0.368. The van der Waals surface area contributed by atoms with Crippen molar-refractivity contribution in [3.8, 4) is 0 Å². The van der Waals surface area contributed by atoms with Crippen molar-refractivity contribution in [2.45, 2.75) is 25.3 Å². The second-order valence-corrected chi connectivity index (χ2v) is 6.62. The molecule has 0 radical (unpaired) electrons. The highest BCUT2D eigenvalue weighted by molar-refractivity contribution is 5.86. The van der Waals surface area contributed by atoms with E-state index < -0.39 is 5.97 Å². The van der Waals surface area contributed by atoms with Gasteiger partial charge in [-0.15, -0.1) is 0 Å². The number of rotatable bonds is 4. The number of methoxy groups -OCH3 is 1. The van der Waals surface area contributed by atoms with Crippen molar-refractivity contribution < 1.29 is 18.8 Å². The third-order valence-electron chi connectivity index (χ3n) is 4.88. The molecule has 1 aromatic carbocycles. The summed E-state index contributed by atoms with van der Waals surface area (Å²) in [5.74, 6) is 2.16. The van der Waals surface area contributed by atoms with Crippen LogP contribution in [0.3, 0.4) is 0 Å². The van der Waals surface area contributed by atoms with Gasteiger partial charge in [0.1, 0.15) is 12.4 Å². The number of carbonyl (C=O) groups excluding carboxylic acids is 1. The van der Waals surface area contributed by atoms with E-state index in [0.717, 1.165) is 55.1 Å². The van der Waals surface area contributed by atoms with Gasteiger partial charge in [0.2, 0.25) is 5.76 Å². The van der Waals surface area contributed by atoms with Crippen LogP contribution >= 0.6 is 0 Å². The highest BCUT2D eigenvalue weighted by Gasteiger charge is 2.27. The Hall–Kier alpha value is -2.60. The van der Waals surface area contributed by atoms with Gasteiger partial charge in [-0.05, 0) is 37.1 Å². The summed E-state index contributed by atoms with van der Waals surface area (Å²) in [5, 5.41) is 0. The zero-order valence-corrected chi connectivity index (χ0v) is 14.2. The number of piperidine rings is 1. The number of furan rings is 1.